The highest BCUT2D eigenvalue weighted by atomic mass is 79.9. The van der Waals surface area contributed by atoms with Crippen molar-refractivity contribution >= 4 is 27.7 Å². The Kier molecular flexibility index (Phi) is 6.86. The fourth-order valence-electron chi connectivity index (χ4n) is 3.53. The van der Waals surface area contributed by atoms with Crippen molar-refractivity contribution in [2.75, 3.05) is 19.8 Å². The maximum absolute atomic E-state index is 12.6. The number of aryl methyl sites for hydroxylation is 1. The van der Waals surface area contributed by atoms with Crippen LogP contribution in [0.2, 0.25) is 0 Å². The van der Waals surface area contributed by atoms with Crippen LogP contribution in [0.1, 0.15) is 40.7 Å². The summed E-state index contributed by atoms with van der Waals surface area (Å²) in [4.78, 5) is 24.9. The molecule has 1 aliphatic heterocycles. The van der Waals surface area contributed by atoms with Crippen LogP contribution < -0.4 is 10.6 Å². The first-order valence-corrected chi connectivity index (χ1v) is 10.3. The monoisotopic (exact) mass is 444 g/mol. The summed E-state index contributed by atoms with van der Waals surface area (Å²) in [5, 5.41) is 6.05. The minimum Gasteiger partial charge on any atom is -0.381 e. The van der Waals surface area contributed by atoms with Crippen molar-refractivity contribution in [1.82, 2.24) is 10.6 Å². The Labute approximate surface area is 174 Å². The minimum absolute atomic E-state index is 0.0769. The summed E-state index contributed by atoms with van der Waals surface area (Å²) in [6, 6.07) is 15.5. The van der Waals surface area contributed by atoms with Gasteiger partial charge in [0.15, 0.2) is 0 Å². The lowest BCUT2D eigenvalue weighted by atomic mass is 9.82. The highest BCUT2D eigenvalue weighted by molar-refractivity contribution is 9.10. The van der Waals surface area contributed by atoms with E-state index in [1.54, 1.807) is 6.07 Å². The quantitative estimate of drug-likeness (QED) is 0.713. The van der Waals surface area contributed by atoms with Crippen molar-refractivity contribution < 1.29 is 14.3 Å². The van der Waals surface area contributed by atoms with Crippen molar-refractivity contribution in [3.05, 3.63) is 69.7 Å². The van der Waals surface area contributed by atoms with E-state index in [4.69, 9.17) is 4.74 Å². The topological polar surface area (TPSA) is 67.4 Å². The Hall–Kier alpha value is -2.18. The molecule has 5 nitrogen and oxygen atoms in total. The summed E-state index contributed by atoms with van der Waals surface area (Å²) in [7, 11) is 0. The molecule has 2 amide bonds. The van der Waals surface area contributed by atoms with Gasteiger partial charge in [-0.2, -0.15) is 0 Å². The fraction of sp³-hybridized carbons (Fsp3) is 0.364. The largest absolute Gasteiger partial charge is 0.381 e. The first kappa shape index (κ1) is 20.6. The maximum Gasteiger partial charge on any atom is 0.251 e. The third-order valence-corrected chi connectivity index (χ3v) is 5.62. The lowest BCUT2D eigenvalue weighted by Crippen LogP contribution is -2.50. The normalized spacial score (nSPS) is 15.6. The fourth-order valence-corrected chi connectivity index (χ4v) is 3.93. The Morgan fingerprint density at radius 2 is 1.86 bits per heavy atom. The van der Waals surface area contributed by atoms with E-state index in [0.29, 0.717) is 25.3 Å². The van der Waals surface area contributed by atoms with Crippen molar-refractivity contribution in [3.8, 4) is 0 Å². The van der Waals surface area contributed by atoms with Gasteiger partial charge in [0.05, 0.1) is 5.54 Å². The SMILES string of the molecule is Cc1ccccc1C(=O)NCCC(=O)NC1(c2cccc(Br)c2)CCOCC1. The van der Waals surface area contributed by atoms with Gasteiger partial charge in [-0.15, -0.1) is 0 Å². The molecule has 0 atom stereocenters. The summed E-state index contributed by atoms with van der Waals surface area (Å²) < 4.78 is 6.49. The predicted molar refractivity (Wildman–Crippen MR) is 112 cm³/mol. The van der Waals surface area contributed by atoms with Gasteiger partial charge in [-0.25, -0.2) is 0 Å². The Bertz CT molecular complexity index is 847. The average Bonchev–Trinajstić information content (AvgIpc) is 2.69. The van der Waals surface area contributed by atoms with Gasteiger partial charge >= 0.3 is 0 Å². The zero-order valence-corrected chi connectivity index (χ0v) is 17.6. The zero-order chi connectivity index (χ0) is 20.0. The summed E-state index contributed by atoms with van der Waals surface area (Å²) >= 11 is 3.51. The number of carbonyl (C=O) groups excluding carboxylic acids is 2. The number of nitrogens with one attached hydrogen (secondary N) is 2. The highest BCUT2D eigenvalue weighted by Crippen LogP contribution is 2.33. The molecule has 1 saturated heterocycles. The molecule has 148 valence electrons. The molecule has 3 rings (SSSR count). The number of hydrogen-bond donors (Lipinski definition) is 2. The summed E-state index contributed by atoms with van der Waals surface area (Å²) in [6.45, 7) is 3.41. The van der Waals surface area contributed by atoms with Crippen molar-refractivity contribution in [1.29, 1.82) is 0 Å². The number of halogens is 1. The Balaban J connectivity index is 1.60. The van der Waals surface area contributed by atoms with E-state index in [9.17, 15) is 9.59 Å². The molecule has 0 radical (unpaired) electrons. The number of carbonyl (C=O) groups is 2. The molecule has 28 heavy (non-hydrogen) atoms. The lowest BCUT2D eigenvalue weighted by molar-refractivity contribution is -0.124. The molecule has 0 aromatic heterocycles. The number of benzene rings is 2. The first-order valence-electron chi connectivity index (χ1n) is 9.49. The number of amides is 2. The van der Waals surface area contributed by atoms with Gasteiger partial charge in [0, 0.05) is 36.2 Å². The van der Waals surface area contributed by atoms with Gasteiger partial charge in [0.2, 0.25) is 5.91 Å². The molecular formula is C22H25BrN2O3. The van der Waals surface area contributed by atoms with Crippen LogP contribution in [0.3, 0.4) is 0 Å². The molecular weight excluding hydrogens is 420 g/mol. The van der Waals surface area contributed by atoms with Gasteiger partial charge in [0.25, 0.3) is 5.91 Å². The summed E-state index contributed by atoms with van der Waals surface area (Å²) in [5.41, 5.74) is 2.19. The smallest absolute Gasteiger partial charge is 0.251 e. The van der Waals surface area contributed by atoms with Crippen molar-refractivity contribution in [2.24, 2.45) is 0 Å². The van der Waals surface area contributed by atoms with E-state index >= 15 is 0 Å². The van der Waals surface area contributed by atoms with Crippen LogP contribution in [-0.2, 0) is 15.1 Å². The third-order valence-electron chi connectivity index (χ3n) is 5.13. The molecule has 2 aromatic rings. The number of hydrogen-bond acceptors (Lipinski definition) is 3. The van der Waals surface area contributed by atoms with Gasteiger partial charge < -0.3 is 15.4 Å². The summed E-state index contributed by atoms with van der Waals surface area (Å²) in [6.07, 6.45) is 1.68. The maximum atomic E-state index is 12.6. The molecule has 1 fully saturated rings. The van der Waals surface area contributed by atoms with Crippen LogP contribution in [0.25, 0.3) is 0 Å². The van der Waals surface area contributed by atoms with Crippen LogP contribution in [0.15, 0.2) is 53.0 Å². The lowest BCUT2D eigenvalue weighted by Gasteiger charge is -2.38. The van der Waals surface area contributed by atoms with Gasteiger partial charge in [-0.05, 0) is 49.1 Å². The second-order valence-electron chi connectivity index (χ2n) is 7.07. The molecule has 0 aliphatic carbocycles. The second kappa shape index (κ2) is 9.34. The molecule has 0 saturated carbocycles. The Morgan fingerprint density at radius 3 is 2.57 bits per heavy atom. The molecule has 2 aromatic carbocycles. The van der Waals surface area contributed by atoms with Crippen LogP contribution in [0.5, 0.6) is 0 Å². The van der Waals surface area contributed by atoms with E-state index in [1.165, 1.54) is 0 Å². The second-order valence-corrected chi connectivity index (χ2v) is 7.99. The molecule has 0 spiro atoms. The molecule has 0 bridgehead atoms. The minimum atomic E-state index is -0.431. The van der Waals surface area contributed by atoms with Crippen LogP contribution >= 0.6 is 15.9 Å². The van der Waals surface area contributed by atoms with E-state index < -0.39 is 5.54 Å². The van der Waals surface area contributed by atoms with Gasteiger partial charge in [-0.1, -0.05) is 46.3 Å². The molecule has 1 aliphatic rings. The molecule has 6 heteroatoms. The van der Waals surface area contributed by atoms with E-state index in [-0.39, 0.29) is 18.2 Å². The van der Waals surface area contributed by atoms with Crippen LogP contribution in [0.4, 0.5) is 0 Å². The highest BCUT2D eigenvalue weighted by Gasteiger charge is 2.35. The number of rotatable bonds is 6. The van der Waals surface area contributed by atoms with Crippen LogP contribution in [0, 0.1) is 6.92 Å². The zero-order valence-electron chi connectivity index (χ0n) is 16.0. The van der Waals surface area contributed by atoms with E-state index in [2.05, 4.69) is 26.6 Å². The molecule has 0 unspecified atom stereocenters. The van der Waals surface area contributed by atoms with Gasteiger partial charge in [-0.3, -0.25) is 9.59 Å². The van der Waals surface area contributed by atoms with E-state index in [1.807, 2.05) is 49.4 Å². The summed E-state index contributed by atoms with van der Waals surface area (Å²) in [5.74, 6) is -0.231. The molecule has 1 heterocycles. The number of ether oxygens (including phenoxy) is 1. The average molecular weight is 445 g/mol. The van der Waals surface area contributed by atoms with E-state index in [0.717, 1.165) is 28.4 Å². The predicted octanol–water partition coefficient (Wildman–Crippen LogP) is 3.70. The standard InChI is InChI=1S/C22H25BrN2O3/c1-16-5-2-3-8-19(16)21(27)24-12-9-20(26)25-22(10-13-28-14-11-22)17-6-4-7-18(23)15-17/h2-8,15H,9-14H2,1H3,(H,24,27)(H,25,26). The van der Waals surface area contributed by atoms with Crippen molar-refractivity contribution in [2.45, 2.75) is 31.7 Å². The first-order chi connectivity index (χ1) is 13.5. The molecule has 2 N–H and O–H groups in total. The Morgan fingerprint density at radius 1 is 1.11 bits per heavy atom. The van der Waals surface area contributed by atoms with Crippen LogP contribution in [-0.4, -0.2) is 31.6 Å². The van der Waals surface area contributed by atoms with Crippen molar-refractivity contribution in [3.63, 3.8) is 0 Å². The third kappa shape index (κ3) is 5.00. The van der Waals surface area contributed by atoms with Gasteiger partial charge in [0.1, 0.15) is 0 Å².